The van der Waals surface area contributed by atoms with Gasteiger partial charge >= 0.3 is 0 Å². The lowest BCUT2D eigenvalue weighted by Crippen LogP contribution is -2.40. The maximum Gasteiger partial charge on any atom is 0.249 e. The maximum atomic E-state index is 12.0. The van der Waals surface area contributed by atoms with Gasteiger partial charge in [0, 0.05) is 6.54 Å². The molecular weight excluding hydrogens is 336 g/mol. The summed E-state index contributed by atoms with van der Waals surface area (Å²) >= 11 is 3.43. The summed E-state index contributed by atoms with van der Waals surface area (Å²) in [6.07, 6.45) is 1.08. The molecule has 0 radical (unpaired) electrons. The second kappa shape index (κ2) is 7.77. The highest BCUT2D eigenvalue weighted by atomic mass is 79.9. The van der Waals surface area contributed by atoms with E-state index in [4.69, 9.17) is 15.2 Å². The van der Waals surface area contributed by atoms with Crippen LogP contribution in [0.2, 0.25) is 0 Å². The van der Waals surface area contributed by atoms with Gasteiger partial charge < -0.3 is 20.5 Å². The van der Waals surface area contributed by atoms with Crippen LogP contribution in [0.3, 0.4) is 0 Å². The highest BCUT2D eigenvalue weighted by Crippen LogP contribution is 2.24. The van der Waals surface area contributed by atoms with Crippen molar-refractivity contribution in [1.82, 2.24) is 5.32 Å². The summed E-state index contributed by atoms with van der Waals surface area (Å²) in [6, 6.07) is 7.63. The number of ether oxygens (including phenoxy) is 2. The van der Waals surface area contributed by atoms with E-state index in [1.165, 1.54) is 0 Å². The third kappa shape index (κ3) is 4.69. The van der Waals surface area contributed by atoms with E-state index in [1.807, 2.05) is 31.2 Å². The maximum absolute atomic E-state index is 12.0. The summed E-state index contributed by atoms with van der Waals surface area (Å²) in [5, 5.41) is 2.86. The Morgan fingerprint density at radius 1 is 1.52 bits per heavy atom. The van der Waals surface area contributed by atoms with Gasteiger partial charge in [-0.05, 0) is 47.8 Å². The molecule has 0 aromatic heterocycles. The van der Waals surface area contributed by atoms with E-state index in [0.717, 1.165) is 23.1 Å². The fourth-order valence-electron chi connectivity index (χ4n) is 2.23. The molecule has 3 N–H and O–H groups in total. The van der Waals surface area contributed by atoms with Gasteiger partial charge in [0.15, 0.2) is 0 Å². The SMILES string of the molecule is CC(CNC(=O)[C@@H]1CC[C@H](CN)O1)Oc1ccccc1Br. The molecular formula is C15H21BrN2O3. The second-order valence-electron chi connectivity index (χ2n) is 5.16. The lowest BCUT2D eigenvalue weighted by Gasteiger charge is -2.18. The van der Waals surface area contributed by atoms with Crippen molar-refractivity contribution in [2.45, 2.75) is 38.1 Å². The van der Waals surface area contributed by atoms with E-state index in [2.05, 4.69) is 21.2 Å². The number of nitrogens with one attached hydrogen (secondary N) is 1. The number of halogens is 1. The average molecular weight is 357 g/mol. The minimum absolute atomic E-state index is 0.00898. The monoisotopic (exact) mass is 356 g/mol. The Kier molecular flexibility index (Phi) is 6.02. The number of carbonyl (C=O) groups is 1. The molecule has 6 heteroatoms. The Morgan fingerprint density at radius 2 is 2.29 bits per heavy atom. The number of hydrogen-bond donors (Lipinski definition) is 2. The molecule has 1 aliphatic rings. The molecule has 1 amide bonds. The number of nitrogens with two attached hydrogens (primary N) is 1. The van der Waals surface area contributed by atoms with Gasteiger partial charge in [-0.15, -0.1) is 0 Å². The molecule has 3 atom stereocenters. The average Bonchev–Trinajstić information content (AvgIpc) is 2.96. The normalized spacial score (nSPS) is 22.8. The summed E-state index contributed by atoms with van der Waals surface area (Å²) in [5.41, 5.74) is 5.54. The topological polar surface area (TPSA) is 73.6 Å². The number of amides is 1. The Labute approximate surface area is 133 Å². The molecule has 21 heavy (non-hydrogen) atoms. The van der Waals surface area contributed by atoms with Crippen LogP contribution in [0.15, 0.2) is 28.7 Å². The first-order chi connectivity index (χ1) is 10.1. The Hall–Kier alpha value is -1.11. The molecule has 0 aliphatic carbocycles. The van der Waals surface area contributed by atoms with E-state index < -0.39 is 0 Å². The van der Waals surface area contributed by atoms with E-state index in [-0.39, 0.29) is 24.2 Å². The summed E-state index contributed by atoms with van der Waals surface area (Å²) < 4.78 is 12.2. The van der Waals surface area contributed by atoms with Gasteiger partial charge in [-0.2, -0.15) is 0 Å². The predicted octanol–water partition coefficient (Wildman–Crippen LogP) is 1.84. The lowest BCUT2D eigenvalue weighted by molar-refractivity contribution is -0.132. The molecule has 1 aromatic rings. The van der Waals surface area contributed by atoms with Crippen LogP contribution in [-0.4, -0.2) is 37.3 Å². The van der Waals surface area contributed by atoms with Crippen molar-refractivity contribution in [3.8, 4) is 5.75 Å². The molecule has 1 saturated heterocycles. The van der Waals surface area contributed by atoms with Gasteiger partial charge in [0.05, 0.1) is 17.1 Å². The molecule has 1 aromatic carbocycles. The Bertz CT molecular complexity index is 484. The van der Waals surface area contributed by atoms with Crippen LogP contribution in [-0.2, 0) is 9.53 Å². The highest BCUT2D eigenvalue weighted by Gasteiger charge is 2.29. The fraction of sp³-hybridized carbons (Fsp3) is 0.533. The number of benzene rings is 1. The zero-order valence-electron chi connectivity index (χ0n) is 12.0. The minimum Gasteiger partial charge on any atom is -0.488 e. The van der Waals surface area contributed by atoms with Crippen LogP contribution >= 0.6 is 15.9 Å². The largest absolute Gasteiger partial charge is 0.488 e. The molecule has 2 rings (SSSR count). The quantitative estimate of drug-likeness (QED) is 0.815. The molecule has 0 saturated carbocycles. The van der Waals surface area contributed by atoms with Gasteiger partial charge in [0.2, 0.25) is 5.91 Å². The van der Waals surface area contributed by atoms with Gasteiger partial charge in [0.25, 0.3) is 0 Å². The first kappa shape index (κ1) is 16.3. The van der Waals surface area contributed by atoms with E-state index in [0.29, 0.717) is 13.1 Å². The lowest BCUT2D eigenvalue weighted by atomic mass is 10.2. The van der Waals surface area contributed by atoms with E-state index in [9.17, 15) is 4.79 Å². The summed E-state index contributed by atoms with van der Waals surface area (Å²) in [6.45, 7) is 2.82. The highest BCUT2D eigenvalue weighted by molar-refractivity contribution is 9.10. The van der Waals surface area contributed by atoms with E-state index >= 15 is 0 Å². The Morgan fingerprint density at radius 3 is 2.95 bits per heavy atom. The van der Waals surface area contributed by atoms with Crippen LogP contribution < -0.4 is 15.8 Å². The Balaban J connectivity index is 1.75. The molecule has 1 fully saturated rings. The number of hydrogen-bond acceptors (Lipinski definition) is 4. The number of rotatable bonds is 6. The predicted molar refractivity (Wildman–Crippen MR) is 84.2 cm³/mol. The first-order valence-electron chi connectivity index (χ1n) is 7.14. The third-order valence-electron chi connectivity index (χ3n) is 3.39. The van der Waals surface area contributed by atoms with Crippen molar-refractivity contribution in [1.29, 1.82) is 0 Å². The van der Waals surface area contributed by atoms with Crippen molar-refractivity contribution in [2.75, 3.05) is 13.1 Å². The fourth-order valence-corrected chi connectivity index (χ4v) is 2.61. The zero-order chi connectivity index (χ0) is 15.2. The molecule has 1 unspecified atom stereocenters. The second-order valence-corrected chi connectivity index (χ2v) is 6.02. The minimum atomic E-state index is -0.380. The molecule has 116 valence electrons. The van der Waals surface area contributed by atoms with E-state index in [1.54, 1.807) is 0 Å². The van der Waals surface area contributed by atoms with Gasteiger partial charge in [-0.1, -0.05) is 12.1 Å². The van der Waals surface area contributed by atoms with Crippen LogP contribution in [0.25, 0.3) is 0 Å². The van der Waals surface area contributed by atoms with Crippen LogP contribution in [0.5, 0.6) is 5.75 Å². The third-order valence-corrected chi connectivity index (χ3v) is 4.05. The first-order valence-corrected chi connectivity index (χ1v) is 7.94. The summed E-state index contributed by atoms with van der Waals surface area (Å²) in [4.78, 5) is 12.0. The van der Waals surface area contributed by atoms with Gasteiger partial charge in [-0.25, -0.2) is 0 Å². The van der Waals surface area contributed by atoms with Crippen molar-refractivity contribution in [2.24, 2.45) is 5.73 Å². The molecule has 0 bridgehead atoms. The van der Waals surface area contributed by atoms with Gasteiger partial charge in [0.1, 0.15) is 18.0 Å². The van der Waals surface area contributed by atoms with Crippen LogP contribution in [0, 0.1) is 0 Å². The summed E-state index contributed by atoms with van der Waals surface area (Å²) in [5.74, 6) is 0.674. The van der Waals surface area contributed by atoms with Crippen molar-refractivity contribution >= 4 is 21.8 Å². The molecule has 1 heterocycles. The van der Waals surface area contributed by atoms with Crippen molar-refractivity contribution in [3.05, 3.63) is 28.7 Å². The standard InChI is InChI=1S/C15H21BrN2O3/c1-10(20-13-5-3-2-4-12(13)16)9-18-15(19)14-7-6-11(8-17)21-14/h2-5,10-11,14H,6-9,17H2,1H3,(H,18,19)/t10?,11-,14+/m1/s1. The molecule has 5 nitrogen and oxygen atoms in total. The van der Waals surface area contributed by atoms with Crippen molar-refractivity contribution < 1.29 is 14.3 Å². The smallest absolute Gasteiger partial charge is 0.249 e. The zero-order valence-corrected chi connectivity index (χ0v) is 13.6. The van der Waals surface area contributed by atoms with Crippen LogP contribution in [0.1, 0.15) is 19.8 Å². The summed E-state index contributed by atoms with van der Waals surface area (Å²) in [7, 11) is 0. The number of carbonyl (C=O) groups excluding carboxylic acids is 1. The van der Waals surface area contributed by atoms with Crippen molar-refractivity contribution in [3.63, 3.8) is 0 Å². The van der Waals surface area contributed by atoms with Gasteiger partial charge in [-0.3, -0.25) is 4.79 Å². The number of para-hydroxylation sites is 1. The molecule has 1 aliphatic heterocycles. The van der Waals surface area contributed by atoms with Crippen LogP contribution in [0.4, 0.5) is 0 Å². The molecule has 0 spiro atoms.